The molecule has 2 aliphatic rings. The van der Waals surface area contributed by atoms with Crippen LogP contribution in [0, 0.1) is 12.8 Å². The van der Waals surface area contributed by atoms with Gasteiger partial charge in [-0.15, -0.1) is 16.4 Å². The molecule has 0 aliphatic carbocycles. The quantitative estimate of drug-likeness (QED) is 0.647. The Labute approximate surface area is 173 Å². The Hall–Kier alpha value is -1.83. The number of benzene rings is 1. The first-order chi connectivity index (χ1) is 13.7. The van der Waals surface area contributed by atoms with Gasteiger partial charge in [0.05, 0.1) is 5.69 Å². The minimum atomic E-state index is 0.139. The van der Waals surface area contributed by atoms with Crippen LogP contribution in [-0.2, 0) is 6.54 Å². The zero-order chi connectivity index (χ0) is 19.1. The molecule has 7 heteroatoms. The summed E-state index contributed by atoms with van der Waals surface area (Å²) < 4.78 is 5.33. The molecule has 0 radical (unpaired) electrons. The number of carbonyl (C=O) groups is 1. The summed E-state index contributed by atoms with van der Waals surface area (Å²) >= 11 is 3.14. The van der Waals surface area contributed by atoms with Crippen molar-refractivity contribution in [1.82, 2.24) is 19.4 Å². The van der Waals surface area contributed by atoms with Crippen molar-refractivity contribution in [1.29, 1.82) is 0 Å². The number of hydrogen-bond acceptors (Lipinski definition) is 6. The highest BCUT2D eigenvalue weighted by atomic mass is 32.1. The smallest absolute Gasteiger partial charge is 0.267 e. The number of likely N-dealkylation sites (tertiary alicyclic amines) is 2. The van der Waals surface area contributed by atoms with Gasteiger partial charge in [0, 0.05) is 41.8 Å². The second kappa shape index (κ2) is 7.54. The van der Waals surface area contributed by atoms with Gasteiger partial charge in [0.1, 0.15) is 4.88 Å². The van der Waals surface area contributed by atoms with Crippen LogP contribution in [0.25, 0.3) is 10.1 Å². The Bertz CT molecular complexity index is 964. The van der Waals surface area contributed by atoms with E-state index in [4.69, 9.17) is 0 Å². The Morgan fingerprint density at radius 3 is 2.96 bits per heavy atom. The van der Waals surface area contributed by atoms with Crippen molar-refractivity contribution >= 4 is 38.9 Å². The average Bonchev–Trinajstić information content (AvgIpc) is 3.32. The molecule has 2 aliphatic heterocycles. The second-order valence-electron chi connectivity index (χ2n) is 7.93. The Kier molecular flexibility index (Phi) is 4.90. The summed E-state index contributed by atoms with van der Waals surface area (Å²) in [7, 11) is 0. The molecule has 146 valence electrons. The van der Waals surface area contributed by atoms with E-state index in [-0.39, 0.29) is 5.91 Å². The van der Waals surface area contributed by atoms with E-state index >= 15 is 0 Å². The zero-order valence-corrected chi connectivity index (χ0v) is 17.6. The lowest BCUT2D eigenvalue weighted by atomic mass is 9.83. The van der Waals surface area contributed by atoms with E-state index in [1.807, 2.05) is 18.3 Å². The summed E-state index contributed by atoms with van der Waals surface area (Å²) in [4.78, 5) is 19.9. The van der Waals surface area contributed by atoms with Crippen LogP contribution in [0.1, 0.15) is 39.5 Å². The standard InChI is InChI=1S/C21H24N4OS2/c1-14-20(28-23-22-14)21(26)25-9-4-6-16-12-24(10-8-18(16)25)13-17-11-15-5-2-3-7-19(15)27-17/h2-3,5,7,11,16,18H,4,6,8-10,12-13H2,1H3/t16-,18+/m1/s1. The van der Waals surface area contributed by atoms with Crippen molar-refractivity contribution in [3.05, 3.63) is 45.8 Å². The van der Waals surface area contributed by atoms with Gasteiger partial charge in [-0.05, 0) is 61.2 Å². The molecule has 2 saturated heterocycles. The number of piperidine rings is 2. The van der Waals surface area contributed by atoms with Crippen LogP contribution in [-0.4, -0.2) is 51.0 Å². The number of rotatable bonds is 3. The zero-order valence-electron chi connectivity index (χ0n) is 16.0. The Morgan fingerprint density at radius 1 is 1.25 bits per heavy atom. The molecule has 0 unspecified atom stereocenters. The predicted molar refractivity (Wildman–Crippen MR) is 114 cm³/mol. The number of nitrogens with zero attached hydrogens (tertiary/aromatic N) is 4. The lowest BCUT2D eigenvalue weighted by molar-refractivity contribution is 0.0189. The molecule has 0 N–H and O–H groups in total. The fourth-order valence-corrected chi connectivity index (χ4v) is 6.49. The van der Waals surface area contributed by atoms with Crippen LogP contribution in [0.5, 0.6) is 0 Å². The van der Waals surface area contributed by atoms with Gasteiger partial charge in [-0.3, -0.25) is 9.69 Å². The molecule has 1 aromatic carbocycles. The number of aromatic nitrogens is 2. The first-order valence-electron chi connectivity index (χ1n) is 9.99. The molecule has 0 bridgehead atoms. The molecule has 3 aromatic rings. The van der Waals surface area contributed by atoms with E-state index < -0.39 is 0 Å². The first-order valence-corrected chi connectivity index (χ1v) is 11.6. The van der Waals surface area contributed by atoms with Crippen LogP contribution in [0.4, 0.5) is 0 Å². The lowest BCUT2D eigenvalue weighted by Gasteiger charge is -2.47. The third kappa shape index (κ3) is 3.36. The number of thiophene rings is 1. The molecule has 5 nitrogen and oxygen atoms in total. The summed E-state index contributed by atoms with van der Waals surface area (Å²) in [5, 5.41) is 5.37. The molecule has 2 fully saturated rings. The second-order valence-corrected chi connectivity index (χ2v) is 9.85. The van der Waals surface area contributed by atoms with Gasteiger partial charge >= 0.3 is 0 Å². The van der Waals surface area contributed by atoms with E-state index in [2.05, 4.69) is 49.7 Å². The summed E-state index contributed by atoms with van der Waals surface area (Å²) in [6, 6.07) is 11.3. The normalized spacial score (nSPS) is 23.1. The molecule has 2 aromatic heterocycles. The van der Waals surface area contributed by atoms with Crippen LogP contribution in [0.2, 0.25) is 0 Å². The molecule has 5 rings (SSSR count). The number of aryl methyl sites for hydroxylation is 1. The van der Waals surface area contributed by atoms with Gasteiger partial charge in [0.2, 0.25) is 0 Å². The van der Waals surface area contributed by atoms with E-state index in [1.54, 1.807) is 0 Å². The number of fused-ring (bicyclic) bond motifs is 2. The summed E-state index contributed by atoms with van der Waals surface area (Å²) in [6.45, 7) is 5.91. The van der Waals surface area contributed by atoms with Crippen molar-refractivity contribution in [3.8, 4) is 0 Å². The minimum Gasteiger partial charge on any atom is -0.334 e. The maximum atomic E-state index is 13.1. The van der Waals surface area contributed by atoms with E-state index in [9.17, 15) is 4.79 Å². The predicted octanol–water partition coefficient (Wildman–Crippen LogP) is 4.19. The highest BCUT2D eigenvalue weighted by molar-refractivity contribution is 7.19. The van der Waals surface area contributed by atoms with Crippen LogP contribution in [0.15, 0.2) is 30.3 Å². The molecule has 28 heavy (non-hydrogen) atoms. The largest absolute Gasteiger partial charge is 0.334 e. The summed E-state index contributed by atoms with van der Waals surface area (Å²) in [5.74, 6) is 0.710. The highest BCUT2D eigenvalue weighted by Gasteiger charge is 2.39. The minimum absolute atomic E-state index is 0.139. The third-order valence-electron chi connectivity index (χ3n) is 6.11. The van der Waals surface area contributed by atoms with E-state index in [0.717, 1.165) is 44.7 Å². The maximum Gasteiger partial charge on any atom is 0.267 e. The molecule has 0 saturated carbocycles. The number of carbonyl (C=O) groups excluding carboxylic acids is 1. The molecular formula is C21H24N4OS2. The van der Waals surface area contributed by atoms with Crippen LogP contribution in [0.3, 0.4) is 0 Å². The first kappa shape index (κ1) is 18.2. The van der Waals surface area contributed by atoms with Gasteiger partial charge in [-0.25, -0.2) is 0 Å². The topological polar surface area (TPSA) is 49.3 Å². The maximum absolute atomic E-state index is 13.1. The van der Waals surface area contributed by atoms with Crippen molar-refractivity contribution < 1.29 is 4.79 Å². The van der Waals surface area contributed by atoms with Gasteiger partial charge in [0.15, 0.2) is 0 Å². The Morgan fingerprint density at radius 2 is 2.14 bits per heavy atom. The van der Waals surface area contributed by atoms with Gasteiger partial charge in [-0.1, -0.05) is 22.7 Å². The molecule has 0 spiro atoms. The Balaban J connectivity index is 1.28. The third-order valence-corrected chi connectivity index (χ3v) is 8.03. The van der Waals surface area contributed by atoms with Crippen molar-refractivity contribution in [2.75, 3.05) is 19.6 Å². The summed E-state index contributed by atoms with van der Waals surface area (Å²) in [6.07, 6.45) is 3.37. The van der Waals surface area contributed by atoms with Gasteiger partial charge < -0.3 is 4.90 Å². The molecular weight excluding hydrogens is 388 g/mol. The average molecular weight is 413 g/mol. The fraction of sp³-hybridized carbons (Fsp3) is 0.476. The van der Waals surface area contributed by atoms with Crippen molar-refractivity contribution in [2.45, 2.75) is 38.8 Å². The van der Waals surface area contributed by atoms with Crippen molar-refractivity contribution in [2.24, 2.45) is 5.92 Å². The van der Waals surface area contributed by atoms with Crippen LogP contribution >= 0.6 is 22.9 Å². The SMILES string of the molecule is Cc1nnsc1C(=O)N1CCC[C@@H]2CN(Cc3cc4ccccc4s3)CC[C@@H]21. The van der Waals surface area contributed by atoms with Gasteiger partial charge in [0.25, 0.3) is 5.91 Å². The fourth-order valence-electron chi connectivity index (χ4n) is 4.77. The highest BCUT2D eigenvalue weighted by Crippen LogP contribution is 2.34. The van der Waals surface area contributed by atoms with E-state index in [0.29, 0.717) is 16.8 Å². The van der Waals surface area contributed by atoms with Crippen LogP contribution < -0.4 is 0 Å². The molecule has 2 atom stereocenters. The lowest BCUT2D eigenvalue weighted by Crippen LogP contribution is -2.55. The number of hydrogen-bond donors (Lipinski definition) is 0. The monoisotopic (exact) mass is 412 g/mol. The molecule has 4 heterocycles. The van der Waals surface area contributed by atoms with Crippen molar-refractivity contribution in [3.63, 3.8) is 0 Å². The number of amides is 1. The molecule has 1 amide bonds. The van der Waals surface area contributed by atoms with E-state index in [1.165, 1.54) is 32.9 Å². The van der Waals surface area contributed by atoms with Gasteiger partial charge in [-0.2, -0.15) is 0 Å². The summed E-state index contributed by atoms with van der Waals surface area (Å²) in [5.41, 5.74) is 0.763.